The van der Waals surface area contributed by atoms with E-state index >= 15 is 0 Å². The summed E-state index contributed by atoms with van der Waals surface area (Å²) in [5.74, 6) is 0.973. The fourth-order valence-electron chi connectivity index (χ4n) is 4.86. The molecule has 0 radical (unpaired) electrons. The molecule has 3 heterocycles. The number of anilines is 1. The molecule has 2 aromatic rings. The molecule has 170 valence electrons. The van der Waals surface area contributed by atoms with Crippen molar-refractivity contribution in [1.29, 1.82) is 0 Å². The Hall–Kier alpha value is -1.70. The first-order valence-electron chi connectivity index (χ1n) is 11.6. The molecule has 8 heteroatoms. The molecule has 0 atom stereocenters. The van der Waals surface area contributed by atoms with Gasteiger partial charge in [0.15, 0.2) is 0 Å². The van der Waals surface area contributed by atoms with Crippen LogP contribution in [-0.4, -0.2) is 71.0 Å². The number of aromatic nitrogens is 2. The number of rotatable bonds is 4. The Kier molecular flexibility index (Phi) is 6.67. The summed E-state index contributed by atoms with van der Waals surface area (Å²) in [6, 6.07) is 6.39. The molecule has 0 N–H and O–H groups in total. The largest absolute Gasteiger partial charge is 0.342 e. The zero-order valence-corrected chi connectivity index (χ0v) is 20.6. The summed E-state index contributed by atoms with van der Waals surface area (Å²) in [7, 11) is 0. The lowest BCUT2D eigenvalue weighted by molar-refractivity contribution is -0.130. The summed E-state index contributed by atoms with van der Waals surface area (Å²) in [4.78, 5) is 29.5. The molecular weight excluding hydrogens is 490 g/mol. The Bertz CT molecular complexity index is 990. The number of carbonyl (C=O) groups is 1. The van der Waals surface area contributed by atoms with Crippen LogP contribution in [0.5, 0.6) is 0 Å². The number of amides is 1. The van der Waals surface area contributed by atoms with E-state index in [1.165, 1.54) is 24.8 Å². The average molecular weight is 519 g/mol. The summed E-state index contributed by atoms with van der Waals surface area (Å²) in [6.45, 7) is 5.59. The monoisotopic (exact) mass is 517 g/mol. The number of piperazine rings is 1. The molecule has 1 aromatic carbocycles. The number of fused-ring (bicyclic) bond motifs is 1. The number of carbonyl (C=O) groups excluding carboxylic acids is 1. The minimum atomic E-state index is 0.126. The quantitative estimate of drug-likeness (QED) is 0.617. The number of benzene rings is 1. The van der Waals surface area contributed by atoms with Crippen LogP contribution in [0.25, 0.3) is 0 Å². The van der Waals surface area contributed by atoms with Crippen molar-refractivity contribution in [1.82, 2.24) is 19.8 Å². The zero-order chi connectivity index (χ0) is 22.1. The van der Waals surface area contributed by atoms with Crippen LogP contribution in [0.15, 0.2) is 28.9 Å². The van der Waals surface area contributed by atoms with Crippen LogP contribution >= 0.6 is 27.5 Å². The smallest absolute Gasteiger partial charge is 0.227 e. The second-order valence-corrected chi connectivity index (χ2v) is 10.3. The number of halogens is 2. The van der Waals surface area contributed by atoms with Gasteiger partial charge >= 0.3 is 0 Å². The van der Waals surface area contributed by atoms with Gasteiger partial charge in [-0.1, -0.05) is 34.0 Å². The van der Waals surface area contributed by atoms with Gasteiger partial charge in [0.2, 0.25) is 11.9 Å². The molecule has 1 aliphatic carbocycles. The topological polar surface area (TPSA) is 52.6 Å². The maximum atomic E-state index is 13.0. The molecule has 32 heavy (non-hydrogen) atoms. The van der Waals surface area contributed by atoms with Crippen LogP contribution in [0.3, 0.4) is 0 Å². The van der Waals surface area contributed by atoms with E-state index in [4.69, 9.17) is 21.6 Å². The molecule has 1 aromatic heterocycles. The molecule has 1 saturated carbocycles. The highest BCUT2D eigenvalue weighted by Gasteiger charge is 2.29. The SMILES string of the molecule is O=C(Cc1cc(Cl)ccc1Br)N1CCc2cnc(N3CCN(C4CCC4)CC3)nc2CC1. The van der Waals surface area contributed by atoms with Gasteiger partial charge in [-0.15, -0.1) is 0 Å². The first kappa shape index (κ1) is 22.1. The number of nitrogens with zero attached hydrogens (tertiary/aromatic N) is 5. The van der Waals surface area contributed by atoms with Crippen LogP contribution in [0.1, 0.15) is 36.1 Å². The molecule has 5 rings (SSSR count). The molecule has 1 amide bonds. The third-order valence-electron chi connectivity index (χ3n) is 7.10. The fraction of sp³-hybridized carbons (Fsp3) is 0.542. The van der Waals surface area contributed by atoms with Crippen molar-refractivity contribution in [3.05, 3.63) is 50.7 Å². The van der Waals surface area contributed by atoms with Gasteiger partial charge in [-0.05, 0) is 48.6 Å². The lowest BCUT2D eigenvalue weighted by Gasteiger charge is -2.43. The van der Waals surface area contributed by atoms with Crippen molar-refractivity contribution >= 4 is 39.4 Å². The zero-order valence-electron chi connectivity index (χ0n) is 18.3. The van der Waals surface area contributed by atoms with E-state index in [0.29, 0.717) is 24.5 Å². The average Bonchev–Trinajstić information content (AvgIpc) is 2.98. The summed E-state index contributed by atoms with van der Waals surface area (Å²) < 4.78 is 0.918. The van der Waals surface area contributed by atoms with Crippen molar-refractivity contribution < 1.29 is 4.79 Å². The van der Waals surface area contributed by atoms with Crippen molar-refractivity contribution in [3.63, 3.8) is 0 Å². The van der Waals surface area contributed by atoms with Crippen LogP contribution in [0.4, 0.5) is 5.95 Å². The first-order valence-corrected chi connectivity index (χ1v) is 12.8. The summed E-state index contributed by atoms with van der Waals surface area (Å²) in [6.07, 6.45) is 8.01. The lowest BCUT2D eigenvalue weighted by Crippen LogP contribution is -2.52. The number of hydrogen-bond donors (Lipinski definition) is 0. The minimum Gasteiger partial charge on any atom is -0.342 e. The maximum Gasteiger partial charge on any atom is 0.227 e. The maximum absolute atomic E-state index is 13.0. The van der Waals surface area contributed by atoms with Gasteiger partial charge in [-0.3, -0.25) is 9.69 Å². The van der Waals surface area contributed by atoms with E-state index in [2.05, 4.69) is 25.7 Å². The van der Waals surface area contributed by atoms with Crippen LogP contribution in [0, 0.1) is 0 Å². The second-order valence-electron chi connectivity index (χ2n) is 9.04. The molecular formula is C24H29BrClN5O. The van der Waals surface area contributed by atoms with Gasteiger partial charge in [-0.25, -0.2) is 9.97 Å². The molecule has 2 aliphatic heterocycles. The van der Waals surface area contributed by atoms with E-state index in [0.717, 1.165) is 66.7 Å². The normalized spacial score (nSPS) is 19.9. The third-order valence-corrected chi connectivity index (χ3v) is 8.11. The summed E-state index contributed by atoms with van der Waals surface area (Å²) >= 11 is 9.65. The standard InChI is InChI=1S/C24H29BrClN5O/c25-21-5-4-19(26)14-18(21)15-23(32)30-8-6-17-16-27-24(28-22(17)7-9-30)31-12-10-29(11-13-31)20-2-1-3-20/h4-5,14,16,20H,1-3,6-13,15H2. The van der Waals surface area contributed by atoms with E-state index in [1.807, 2.05) is 29.3 Å². The van der Waals surface area contributed by atoms with Gasteiger partial charge in [0, 0.05) is 67.4 Å². The third kappa shape index (κ3) is 4.80. The molecule has 6 nitrogen and oxygen atoms in total. The molecule has 1 saturated heterocycles. The number of hydrogen-bond acceptors (Lipinski definition) is 5. The molecule has 0 unspecified atom stereocenters. The van der Waals surface area contributed by atoms with Crippen LogP contribution in [0.2, 0.25) is 5.02 Å². The Balaban J connectivity index is 1.21. The minimum absolute atomic E-state index is 0.126. The Labute approximate surface area is 203 Å². The Morgan fingerprint density at radius 2 is 1.88 bits per heavy atom. The Morgan fingerprint density at radius 3 is 2.62 bits per heavy atom. The first-order chi connectivity index (χ1) is 15.6. The van der Waals surface area contributed by atoms with Crippen molar-refractivity contribution in [2.24, 2.45) is 0 Å². The van der Waals surface area contributed by atoms with Gasteiger partial charge in [0.25, 0.3) is 0 Å². The van der Waals surface area contributed by atoms with Crippen LogP contribution < -0.4 is 4.90 Å². The highest BCUT2D eigenvalue weighted by molar-refractivity contribution is 9.10. The highest BCUT2D eigenvalue weighted by atomic mass is 79.9. The van der Waals surface area contributed by atoms with Crippen LogP contribution in [-0.2, 0) is 24.1 Å². The van der Waals surface area contributed by atoms with Crippen molar-refractivity contribution in [2.75, 3.05) is 44.2 Å². The van der Waals surface area contributed by atoms with Gasteiger partial charge in [0.1, 0.15) is 0 Å². The molecule has 3 aliphatic rings. The highest BCUT2D eigenvalue weighted by Crippen LogP contribution is 2.27. The lowest BCUT2D eigenvalue weighted by atomic mass is 9.91. The van der Waals surface area contributed by atoms with E-state index in [-0.39, 0.29) is 5.91 Å². The van der Waals surface area contributed by atoms with Crippen molar-refractivity contribution in [3.8, 4) is 0 Å². The fourth-order valence-corrected chi connectivity index (χ4v) is 5.44. The molecule has 0 spiro atoms. The van der Waals surface area contributed by atoms with Crippen molar-refractivity contribution in [2.45, 2.75) is 44.6 Å². The summed E-state index contributed by atoms with van der Waals surface area (Å²) in [5, 5.41) is 0.649. The predicted molar refractivity (Wildman–Crippen MR) is 130 cm³/mol. The van der Waals surface area contributed by atoms with E-state index < -0.39 is 0 Å². The van der Waals surface area contributed by atoms with Gasteiger partial charge < -0.3 is 9.80 Å². The molecule has 2 fully saturated rings. The predicted octanol–water partition coefficient (Wildman–Crippen LogP) is 3.74. The van der Waals surface area contributed by atoms with Gasteiger partial charge in [0.05, 0.1) is 12.1 Å². The van der Waals surface area contributed by atoms with E-state index in [9.17, 15) is 4.79 Å². The second kappa shape index (κ2) is 9.65. The van der Waals surface area contributed by atoms with Gasteiger partial charge in [-0.2, -0.15) is 0 Å². The van der Waals surface area contributed by atoms with E-state index in [1.54, 1.807) is 0 Å². The summed E-state index contributed by atoms with van der Waals surface area (Å²) in [5.41, 5.74) is 3.18. The Morgan fingerprint density at radius 1 is 1.09 bits per heavy atom. The molecule has 0 bridgehead atoms.